The van der Waals surface area contributed by atoms with Crippen LogP contribution in [0, 0.1) is 18.3 Å². The van der Waals surface area contributed by atoms with Crippen molar-refractivity contribution < 1.29 is 0 Å². The van der Waals surface area contributed by atoms with Gasteiger partial charge in [-0.2, -0.15) is 0 Å². The standard InChI is InChI=1S/C7H12N/c1-6-2-4-7(8)5-3-6/h6,8H,1-5H2. The van der Waals surface area contributed by atoms with Crippen molar-refractivity contribution in [3.05, 3.63) is 6.92 Å². The van der Waals surface area contributed by atoms with Crippen molar-refractivity contribution in [2.24, 2.45) is 5.92 Å². The molecule has 0 heterocycles. The first-order valence-electron chi connectivity index (χ1n) is 3.18. The molecule has 1 fully saturated rings. The molecule has 0 unspecified atom stereocenters. The molecule has 0 aliphatic heterocycles. The van der Waals surface area contributed by atoms with E-state index in [0.29, 0.717) is 5.92 Å². The van der Waals surface area contributed by atoms with Crippen LogP contribution in [0.25, 0.3) is 0 Å². The second-order valence-electron chi connectivity index (χ2n) is 2.55. The SMILES string of the molecule is [CH2]C1CCC(=N)CC1. The summed E-state index contributed by atoms with van der Waals surface area (Å²) in [4.78, 5) is 0. The van der Waals surface area contributed by atoms with Crippen LogP contribution in [0.15, 0.2) is 0 Å². The van der Waals surface area contributed by atoms with Gasteiger partial charge in [-0.3, -0.25) is 0 Å². The molecular weight excluding hydrogens is 98.1 g/mol. The highest BCUT2D eigenvalue weighted by molar-refractivity contribution is 5.81. The molecule has 1 N–H and O–H groups in total. The maximum absolute atomic E-state index is 7.25. The largest absolute Gasteiger partial charge is 0.310 e. The van der Waals surface area contributed by atoms with Crippen molar-refractivity contribution in [2.45, 2.75) is 25.7 Å². The molecule has 1 nitrogen and oxygen atoms in total. The number of hydrogen-bond acceptors (Lipinski definition) is 1. The molecule has 0 aromatic carbocycles. The zero-order chi connectivity index (χ0) is 5.98. The lowest BCUT2D eigenvalue weighted by Gasteiger charge is -2.16. The highest BCUT2D eigenvalue weighted by Crippen LogP contribution is 2.19. The fraction of sp³-hybridized carbons (Fsp3) is 0.714. The lowest BCUT2D eigenvalue weighted by molar-refractivity contribution is 0.529. The summed E-state index contributed by atoms with van der Waals surface area (Å²) in [7, 11) is 0. The smallest absolute Gasteiger partial charge is 0.00893 e. The van der Waals surface area contributed by atoms with E-state index in [2.05, 4.69) is 6.92 Å². The molecule has 0 spiro atoms. The summed E-state index contributed by atoms with van der Waals surface area (Å²) in [5.74, 6) is 0.629. The average molecular weight is 110 g/mol. The Kier molecular flexibility index (Phi) is 1.66. The van der Waals surface area contributed by atoms with Gasteiger partial charge in [0.1, 0.15) is 0 Å². The van der Waals surface area contributed by atoms with Crippen LogP contribution < -0.4 is 0 Å². The summed E-state index contributed by atoms with van der Waals surface area (Å²) in [6.07, 6.45) is 4.26. The zero-order valence-electron chi connectivity index (χ0n) is 5.11. The van der Waals surface area contributed by atoms with Crippen molar-refractivity contribution in [1.82, 2.24) is 0 Å². The fourth-order valence-electron chi connectivity index (χ4n) is 1.03. The first kappa shape index (κ1) is 5.80. The monoisotopic (exact) mass is 110 g/mol. The molecule has 0 saturated heterocycles. The molecule has 1 rings (SSSR count). The Bertz CT molecular complexity index is 86.6. The number of nitrogens with one attached hydrogen (secondary N) is 1. The first-order valence-corrected chi connectivity index (χ1v) is 3.18. The Labute approximate surface area is 50.6 Å². The first-order chi connectivity index (χ1) is 3.79. The van der Waals surface area contributed by atoms with Gasteiger partial charge in [0, 0.05) is 5.71 Å². The number of hydrogen-bond donors (Lipinski definition) is 1. The summed E-state index contributed by atoms with van der Waals surface area (Å²) in [6.45, 7) is 3.94. The fourth-order valence-corrected chi connectivity index (χ4v) is 1.03. The van der Waals surface area contributed by atoms with Crippen molar-refractivity contribution in [3.63, 3.8) is 0 Å². The molecule has 0 aromatic rings. The lowest BCUT2D eigenvalue weighted by Crippen LogP contribution is -2.10. The minimum atomic E-state index is 0.629. The van der Waals surface area contributed by atoms with Crippen molar-refractivity contribution in [2.75, 3.05) is 0 Å². The van der Waals surface area contributed by atoms with Crippen LogP contribution in [-0.4, -0.2) is 5.71 Å². The van der Waals surface area contributed by atoms with Gasteiger partial charge < -0.3 is 5.41 Å². The molecule has 45 valence electrons. The highest BCUT2D eigenvalue weighted by Gasteiger charge is 2.10. The third kappa shape index (κ3) is 1.32. The average Bonchev–Trinajstić information content (AvgIpc) is 1.77. The lowest BCUT2D eigenvalue weighted by atomic mass is 9.90. The van der Waals surface area contributed by atoms with E-state index < -0.39 is 0 Å². The van der Waals surface area contributed by atoms with Crippen molar-refractivity contribution in [3.8, 4) is 0 Å². The van der Waals surface area contributed by atoms with Gasteiger partial charge in [0.25, 0.3) is 0 Å². The van der Waals surface area contributed by atoms with Gasteiger partial charge in [0.05, 0.1) is 0 Å². The zero-order valence-corrected chi connectivity index (χ0v) is 5.11. The minimum absolute atomic E-state index is 0.629. The van der Waals surface area contributed by atoms with Crippen LogP contribution in [-0.2, 0) is 0 Å². The van der Waals surface area contributed by atoms with Crippen LogP contribution >= 0.6 is 0 Å². The highest BCUT2D eigenvalue weighted by atomic mass is 14.4. The second-order valence-corrected chi connectivity index (χ2v) is 2.55. The Morgan fingerprint density at radius 3 is 2.25 bits per heavy atom. The quantitative estimate of drug-likeness (QED) is 0.493. The predicted octanol–water partition coefficient (Wildman–Crippen LogP) is 2.03. The van der Waals surface area contributed by atoms with Crippen molar-refractivity contribution >= 4 is 5.71 Å². The third-order valence-corrected chi connectivity index (χ3v) is 1.71. The van der Waals surface area contributed by atoms with Gasteiger partial charge in [0.15, 0.2) is 0 Å². The van der Waals surface area contributed by atoms with Gasteiger partial charge in [-0.1, -0.05) is 6.92 Å². The van der Waals surface area contributed by atoms with Crippen LogP contribution in [0.5, 0.6) is 0 Å². The van der Waals surface area contributed by atoms with E-state index in [0.717, 1.165) is 31.4 Å². The molecule has 0 bridgehead atoms. The Morgan fingerprint density at radius 1 is 1.38 bits per heavy atom. The molecule has 0 amide bonds. The van der Waals surface area contributed by atoms with E-state index in [9.17, 15) is 0 Å². The summed E-state index contributed by atoms with van der Waals surface area (Å²) in [5, 5.41) is 7.25. The van der Waals surface area contributed by atoms with Crippen LogP contribution in [0.2, 0.25) is 0 Å². The predicted molar refractivity (Wildman–Crippen MR) is 35.0 cm³/mol. The molecule has 0 atom stereocenters. The molecule has 1 aliphatic rings. The molecule has 0 aromatic heterocycles. The Morgan fingerprint density at radius 2 is 1.88 bits per heavy atom. The summed E-state index contributed by atoms with van der Waals surface area (Å²) >= 11 is 0. The Balaban J connectivity index is 2.29. The molecule has 1 radical (unpaired) electrons. The van der Waals surface area contributed by atoms with E-state index in [1.165, 1.54) is 0 Å². The van der Waals surface area contributed by atoms with Crippen LogP contribution in [0.1, 0.15) is 25.7 Å². The van der Waals surface area contributed by atoms with E-state index in [1.54, 1.807) is 0 Å². The minimum Gasteiger partial charge on any atom is -0.310 e. The molecular formula is C7H12N. The number of rotatable bonds is 0. The normalized spacial score (nSPS) is 30.6. The summed E-state index contributed by atoms with van der Waals surface area (Å²) in [6, 6.07) is 0. The topological polar surface area (TPSA) is 23.9 Å². The van der Waals surface area contributed by atoms with E-state index in [1.807, 2.05) is 0 Å². The van der Waals surface area contributed by atoms with Gasteiger partial charge in [0.2, 0.25) is 0 Å². The van der Waals surface area contributed by atoms with Crippen LogP contribution in [0.3, 0.4) is 0 Å². The third-order valence-electron chi connectivity index (χ3n) is 1.71. The summed E-state index contributed by atoms with van der Waals surface area (Å²) < 4.78 is 0. The molecule has 1 aliphatic carbocycles. The molecule has 8 heavy (non-hydrogen) atoms. The van der Waals surface area contributed by atoms with Gasteiger partial charge >= 0.3 is 0 Å². The molecule has 1 heteroatoms. The Hall–Kier alpha value is -0.330. The van der Waals surface area contributed by atoms with Gasteiger partial charge in [-0.05, 0) is 31.6 Å². The van der Waals surface area contributed by atoms with Crippen molar-refractivity contribution in [1.29, 1.82) is 5.41 Å². The van der Waals surface area contributed by atoms with Crippen LogP contribution in [0.4, 0.5) is 0 Å². The maximum atomic E-state index is 7.25. The maximum Gasteiger partial charge on any atom is 0.00893 e. The summed E-state index contributed by atoms with van der Waals surface area (Å²) in [5.41, 5.74) is 0.921. The molecule has 1 saturated carbocycles. The van der Waals surface area contributed by atoms with E-state index in [-0.39, 0.29) is 0 Å². The van der Waals surface area contributed by atoms with E-state index >= 15 is 0 Å². The van der Waals surface area contributed by atoms with E-state index in [4.69, 9.17) is 5.41 Å². The van der Waals surface area contributed by atoms with Gasteiger partial charge in [-0.15, -0.1) is 0 Å². The van der Waals surface area contributed by atoms with Gasteiger partial charge in [-0.25, -0.2) is 0 Å². The second kappa shape index (κ2) is 2.29.